The molecule has 19 heavy (non-hydrogen) atoms. The Kier molecular flexibility index (Phi) is 4.86. The number of ether oxygens (including phenoxy) is 1. The quantitative estimate of drug-likeness (QED) is 0.821. The van der Waals surface area contributed by atoms with Crippen LogP contribution in [0.2, 0.25) is 0 Å². The molecule has 1 amide bonds. The van der Waals surface area contributed by atoms with Crippen LogP contribution in [0.25, 0.3) is 0 Å². The number of carbonyl (C=O) groups is 1. The summed E-state index contributed by atoms with van der Waals surface area (Å²) in [5, 5.41) is 2.76. The molecule has 3 nitrogen and oxygen atoms in total. The summed E-state index contributed by atoms with van der Waals surface area (Å²) >= 11 is 4.04. The van der Waals surface area contributed by atoms with Crippen molar-refractivity contribution < 1.29 is 9.53 Å². The van der Waals surface area contributed by atoms with Crippen LogP contribution in [-0.4, -0.2) is 18.2 Å². The Morgan fingerprint density at radius 1 is 1.00 bits per heavy atom. The molecule has 0 aromatic heterocycles. The first-order valence-corrected chi connectivity index (χ1v) is 6.65. The van der Waals surface area contributed by atoms with Crippen LogP contribution in [0.3, 0.4) is 0 Å². The van der Waals surface area contributed by atoms with Crippen molar-refractivity contribution >= 4 is 18.5 Å². The maximum absolute atomic E-state index is 11.7. The van der Waals surface area contributed by atoms with E-state index in [1.54, 1.807) is 24.3 Å². The Hall–Kier alpha value is -1.94. The van der Waals surface area contributed by atoms with Gasteiger partial charge in [0.2, 0.25) is 0 Å². The van der Waals surface area contributed by atoms with Crippen molar-refractivity contribution in [3.63, 3.8) is 0 Å². The number of hydrogen-bond acceptors (Lipinski definition) is 3. The van der Waals surface area contributed by atoms with Gasteiger partial charge >= 0.3 is 0 Å². The number of benzene rings is 2. The highest BCUT2D eigenvalue weighted by atomic mass is 32.1. The van der Waals surface area contributed by atoms with E-state index in [0.717, 1.165) is 5.75 Å². The lowest BCUT2D eigenvalue weighted by Gasteiger charge is -2.07. The summed E-state index contributed by atoms with van der Waals surface area (Å²) in [4.78, 5) is 11.7. The minimum absolute atomic E-state index is 0.0969. The number of carbonyl (C=O) groups excluding carboxylic acids is 1. The Labute approximate surface area is 118 Å². The van der Waals surface area contributed by atoms with E-state index in [1.807, 2.05) is 30.3 Å². The molecular weight excluding hydrogens is 258 g/mol. The lowest BCUT2D eigenvalue weighted by molar-refractivity contribution is 0.0956. The molecule has 0 saturated carbocycles. The zero-order chi connectivity index (χ0) is 13.5. The third-order valence-corrected chi connectivity index (χ3v) is 2.72. The Morgan fingerprint density at radius 3 is 2.26 bits per heavy atom. The zero-order valence-corrected chi connectivity index (χ0v) is 11.3. The van der Waals surface area contributed by atoms with Crippen LogP contribution >= 0.6 is 12.6 Å². The molecule has 0 bridgehead atoms. The molecule has 98 valence electrons. The highest BCUT2D eigenvalue weighted by Gasteiger charge is 2.04. The molecule has 2 rings (SSSR count). The number of rotatable bonds is 5. The van der Waals surface area contributed by atoms with Gasteiger partial charge in [0, 0.05) is 17.9 Å². The second-order valence-corrected chi connectivity index (χ2v) is 4.37. The van der Waals surface area contributed by atoms with Crippen LogP contribution in [0.15, 0.2) is 54.6 Å². The highest BCUT2D eigenvalue weighted by molar-refractivity contribution is 7.80. The number of nitrogens with one attached hydrogen (secondary N) is 1. The third-order valence-electron chi connectivity index (χ3n) is 2.49. The van der Waals surface area contributed by atoms with Crippen LogP contribution in [0.5, 0.6) is 11.5 Å². The Morgan fingerprint density at radius 2 is 1.63 bits per heavy atom. The molecule has 1 N–H and O–H groups in total. The van der Waals surface area contributed by atoms with Crippen LogP contribution in [0.1, 0.15) is 10.4 Å². The maximum Gasteiger partial charge on any atom is 0.251 e. The van der Waals surface area contributed by atoms with Crippen LogP contribution in [-0.2, 0) is 0 Å². The van der Waals surface area contributed by atoms with Gasteiger partial charge in [-0.3, -0.25) is 4.79 Å². The average molecular weight is 273 g/mol. The largest absolute Gasteiger partial charge is 0.457 e. The molecule has 0 saturated heterocycles. The number of para-hydroxylation sites is 1. The average Bonchev–Trinajstić information content (AvgIpc) is 2.46. The molecule has 0 aliphatic carbocycles. The molecule has 2 aromatic carbocycles. The van der Waals surface area contributed by atoms with Crippen LogP contribution in [0.4, 0.5) is 0 Å². The summed E-state index contributed by atoms with van der Waals surface area (Å²) < 4.78 is 5.65. The van der Waals surface area contributed by atoms with E-state index in [4.69, 9.17) is 4.74 Å². The van der Waals surface area contributed by atoms with Gasteiger partial charge in [-0.25, -0.2) is 0 Å². The van der Waals surface area contributed by atoms with Gasteiger partial charge in [0.25, 0.3) is 5.91 Å². The summed E-state index contributed by atoms with van der Waals surface area (Å²) in [6.45, 7) is 0.560. The molecule has 0 atom stereocenters. The van der Waals surface area contributed by atoms with E-state index in [2.05, 4.69) is 17.9 Å². The second kappa shape index (κ2) is 6.85. The molecule has 0 aliphatic rings. The second-order valence-electron chi connectivity index (χ2n) is 3.92. The fourth-order valence-electron chi connectivity index (χ4n) is 1.57. The van der Waals surface area contributed by atoms with Crippen molar-refractivity contribution in [3.8, 4) is 11.5 Å². The summed E-state index contributed by atoms with van der Waals surface area (Å²) in [5.41, 5.74) is 0.613. The van der Waals surface area contributed by atoms with Crippen molar-refractivity contribution in [3.05, 3.63) is 60.2 Å². The van der Waals surface area contributed by atoms with Gasteiger partial charge in [0.15, 0.2) is 0 Å². The monoisotopic (exact) mass is 273 g/mol. The van der Waals surface area contributed by atoms with Crippen molar-refractivity contribution in [1.82, 2.24) is 5.32 Å². The summed E-state index contributed by atoms with van der Waals surface area (Å²) in [7, 11) is 0. The molecule has 0 spiro atoms. The minimum atomic E-state index is -0.0969. The van der Waals surface area contributed by atoms with Gasteiger partial charge in [-0.15, -0.1) is 0 Å². The van der Waals surface area contributed by atoms with Crippen molar-refractivity contribution in [2.75, 3.05) is 12.3 Å². The standard InChI is InChI=1S/C15H15NO2S/c17-15(16-10-11-19)12-6-8-14(9-7-12)18-13-4-2-1-3-5-13/h1-9,19H,10-11H2,(H,16,17). The number of thiol groups is 1. The van der Waals surface area contributed by atoms with E-state index in [0.29, 0.717) is 23.6 Å². The molecule has 0 radical (unpaired) electrons. The number of hydrogen-bond donors (Lipinski definition) is 2. The van der Waals surface area contributed by atoms with Gasteiger partial charge < -0.3 is 10.1 Å². The third kappa shape index (κ3) is 4.03. The van der Waals surface area contributed by atoms with Crippen LogP contribution < -0.4 is 10.1 Å². The molecule has 2 aromatic rings. The molecule has 0 aliphatic heterocycles. The molecular formula is C15H15NO2S. The first kappa shape index (κ1) is 13.5. The minimum Gasteiger partial charge on any atom is -0.457 e. The number of amides is 1. The molecule has 4 heteroatoms. The van der Waals surface area contributed by atoms with Crippen LogP contribution in [0, 0.1) is 0 Å². The summed E-state index contributed by atoms with van der Waals surface area (Å²) in [6.07, 6.45) is 0. The lowest BCUT2D eigenvalue weighted by Crippen LogP contribution is -2.25. The van der Waals surface area contributed by atoms with Gasteiger partial charge in [0.1, 0.15) is 11.5 Å². The first-order chi connectivity index (χ1) is 9.29. The van der Waals surface area contributed by atoms with E-state index in [-0.39, 0.29) is 5.91 Å². The van der Waals surface area contributed by atoms with Gasteiger partial charge in [-0.05, 0) is 36.4 Å². The topological polar surface area (TPSA) is 38.3 Å². The summed E-state index contributed by atoms with van der Waals surface area (Å²) in [6, 6.07) is 16.6. The predicted octanol–water partition coefficient (Wildman–Crippen LogP) is 3.14. The smallest absolute Gasteiger partial charge is 0.251 e. The van der Waals surface area contributed by atoms with E-state index in [1.165, 1.54) is 0 Å². The highest BCUT2D eigenvalue weighted by Crippen LogP contribution is 2.20. The zero-order valence-electron chi connectivity index (χ0n) is 10.4. The van der Waals surface area contributed by atoms with E-state index >= 15 is 0 Å². The molecule has 0 fully saturated rings. The first-order valence-electron chi connectivity index (χ1n) is 6.01. The van der Waals surface area contributed by atoms with Crippen molar-refractivity contribution in [1.29, 1.82) is 0 Å². The van der Waals surface area contributed by atoms with E-state index < -0.39 is 0 Å². The Balaban J connectivity index is 2.00. The van der Waals surface area contributed by atoms with Crippen molar-refractivity contribution in [2.45, 2.75) is 0 Å². The lowest BCUT2D eigenvalue weighted by atomic mass is 10.2. The fraction of sp³-hybridized carbons (Fsp3) is 0.133. The van der Waals surface area contributed by atoms with Gasteiger partial charge in [-0.2, -0.15) is 12.6 Å². The van der Waals surface area contributed by atoms with Crippen molar-refractivity contribution in [2.24, 2.45) is 0 Å². The normalized spacial score (nSPS) is 9.95. The summed E-state index contributed by atoms with van der Waals surface area (Å²) in [5.74, 6) is 2.01. The fourth-order valence-corrected chi connectivity index (χ4v) is 1.68. The van der Waals surface area contributed by atoms with Gasteiger partial charge in [0.05, 0.1) is 0 Å². The van der Waals surface area contributed by atoms with E-state index in [9.17, 15) is 4.79 Å². The van der Waals surface area contributed by atoms with Gasteiger partial charge in [-0.1, -0.05) is 18.2 Å². The SMILES string of the molecule is O=C(NCCS)c1ccc(Oc2ccccc2)cc1. The molecule has 0 unspecified atom stereocenters. The Bertz CT molecular complexity index is 526. The molecule has 0 heterocycles. The maximum atomic E-state index is 11.7. The predicted molar refractivity (Wildman–Crippen MR) is 79.1 cm³/mol.